The molecular formula is C17H19N3O3. The minimum atomic E-state index is -0.794. The lowest BCUT2D eigenvalue weighted by Gasteiger charge is -2.16. The Labute approximate surface area is 134 Å². The van der Waals surface area contributed by atoms with Crippen LogP contribution in [-0.2, 0) is 11.2 Å². The fourth-order valence-electron chi connectivity index (χ4n) is 2.69. The van der Waals surface area contributed by atoms with Gasteiger partial charge in [-0.05, 0) is 24.5 Å². The number of carboxylic acid groups (broad SMARTS) is 1. The molecule has 120 valence electrons. The number of aryl methyl sites for hydroxylation is 1. The predicted molar refractivity (Wildman–Crippen MR) is 86.3 cm³/mol. The van der Waals surface area contributed by atoms with Crippen molar-refractivity contribution in [3.63, 3.8) is 0 Å². The first kappa shape index (κ1) is 15.4. The van der Waals surface area contributed by atoms with Crippen LogP contribution in [-0.4, -0.2) is 45.3 Å². The molecule has 23 heavy (non-hydrogen) atoms. The summed E-state index contributed by atoms with van der Waals surface area (Å²) in [6.45, 7) is 1.40. The molecule has 3 rings (SSSR count). The number of β-amino-alcohol motifs (C(OH)–C–C–N with tert-alkyl or cyclic N) is 1. The van der Waals surface area contributed by atoms with E-state index in [9.17, 15) is 9.90 Å². The molecular weight excluding hydrogens is 294 g/mol. The lowest BCUT2D eigenvalue weighted by molar-refractivity contribution is -0.136. The highest BCUT2D eigenvalue weighted by atomic mass is 16.4. The molecule has 1 atom stereocenters. The van der Waals surface area contributed by atoms with Gasteiger partial charge in [-0.15, -0.1) is 0 Å². The molecule has 1 aromatic heterocycles. The van der Waals surface area contributed by atoms with Gasteiger partial charge in [0, 0.05) is 31.3 Å². The maximum absolute atomic E-state index is 10.6. The van der Waals surface area contributed by atoms with Crippen molar-refractivity contribution in [2.75, 3.05) is 18.0 Å². The second-order valence-electron chi connectivity index (χ2n) is 5.72. The van der Waals surface area contributed by atoms with Crippen molar-refractivity contribution < 1.29 is 15.0 Å². The van der Waals surface area contributed by atoms with Crippen molar-refractivity contribution in [1.29, 1.82) is 0 Å². The summed E-state index contributed by atoms with van der Waals surface area (Å²) in [5.41, 5.74) is 1.88. The molecule has 6 heteroatoms. The van der Waals surface area contributed by atoms with Crippen molar-refractivity contribution in [3.8, 4) is 11.4 Å². The molecule has 0 saturated carbocycles. The standard InChI is InChI=1S/C17H19N3O3/c21-14-8-10-20(11-14)15-7-9-18-17(19-15)13-4-1-12(2-5-13)3-6-16(22)23/h1-2,4-5,7,9,14,21H,3,6,8,10-11H2,(H,22,23)/t14-/m0/s1. The average molecular weight is 313 g/mol. The largest absolute Gasteiger partial charge is 0.481 e. The van der Waals surface area contributed by atoms with E-state index in [2.05, 4.69) is 14.9 Å². The molecule has 0 unspecified atom stereocenters. The van der Waals surface area contributed by atoms with Crippen LogP contribution in [0.1, 0.15) is 18.4 Å². The summed E-state index contributed by atoms with van der Waals surface area (Å²) in [7, 11) is 0. The third kappa shape index (κ3) is 3.84. The van der Waals surface area contributed by atoms with E-state index in [0.717, 1.165) is 29.9 Å². The molecule has 1 saturated heterocycles. The number of hydrogen-bond donors (Lipinski definition) is 2. The van der Waals surface area contributed by atoms with Crippen LogP contribution in [0.3, 0.4) is 0 Å². The Morgan fingerprint density at radius 1 is 1.26 bits per heavy atom. The Hall–Kier alpha value is -2.47. The molecule has 0 spiro atoms. The van der Waals surface area contributed by atoms with Gasteiger partial charge in [0.15, 0.2) is 5.82 Å². The Morgan fingerprint density at radius 3 is 2.70 bits per heavy atom. The zero-order chi connectivity index (χ0) is 16.2. The van der Waals surface area contributed by atoms with E-state index in [4.69, 9.17) is 5.11 Å². The normalized spacial score (nSPS) is 17.4. The molecule has 2 heterocycles. The van der Waals surface area contributed by atoms with Gasteiger partial charge >= 0.3 is 5.97 Å². The number of rotatable bonds is 5. The first-order valence-electron chi connectivity index (χ1n) is 7.69. The summed E-state index contributed by atoms with van der Waals surface area (Å²) in [6, 6.07) is 9.49. The summed E-state index contributed by atoms with van der Waals surface area (Å²) < 4.78 is 0. The third-order valence-corrected chi connectivity index (χ3v) is 3.97. The summed E-state index contributed by atoms with van der Waals surface area (Å²) in [5.74, 6) is 0.660. The third-order valence-electron chi connectivity index (χ3n) is 3.97. The highest BCUT2D eigenvalue weighted by Gasteiger charge is 2.21. The summed E-state index contributed by atoms with van der Waals surface area (Å²) in [6.07, 6.45) is 2.84. The number of carbonyl (C=O) groups is 1. The Kier molecular flexibility index (Phi) is 4.52. The fourth-order valence-corrected chi connectivity index (χ4v) is 2.69. The van der Waals surface area contributed by atoms with Gasteiger partial charge in [-0.25, -0.2) is 9.97 Å². The number of aliphatic carboxylic acids is 1. The van der Waals surface area contributed by atoms with Gasteiger partial charge in [0.2, 0.25) is 0 Å². The van der Waals surface area contributed by atoms with Crippen LogP contribution in [0.25, 0.3) is 11.4 Å². The average Bonchev–Trinajstić information content (AvgIpc) is 3.00. The van der Waals surface area contributed by atoms with Gasteiger partial charge in [0.1, 0.15) is 5.82 Å². The molecule has 0 aliphatic carbocycles. The molecule has 0 radical (unpaired) electrons. The molecule has 1 aliphatic heterocycles. The maximum Gasteiger partial charge on any atom is 0.303 e. The molecule has 2 N–H and O–H groups in total. The first-order valence-corrected chi connectivity index (χ1v) is 7.69. The number of carboxylic acids is 1. The zero-order valence-corrected chi connectivity index (χ0v) is 12.7. The smallest absolute Gasteiger partial charge is 0.303 e. The van der Waals surface area contributed by atoms with Gasteiger partial charge in [0.05, 0.1) is 6.10 Å². The van der Waals surface area contributed by atoms with Crippen LogP contribution in [0, 0.1) is 0 Å². The number of nitrogens with zero attached hydrogens (tertiary/aromatic N) is 3. The van der Waals surface area contributed by atoms with Gasteiger partial charge < -0.3 is 15.1 Å². The monoisotopic (exact) mass is 313 g/mol. The minimum absolute atomic E-state index is 0.128. The van der Waals surface area contributed by atoms with Crippen LogP contribution in [0.15, 0.2) is 36.5 Å². The minimum Gasteiger partial charge on any atom is -0.481 e. The van der Waals surface area contributed by atoms with Crippen LogP contribution in [0.2, 0.25) is 0 Å². The second-order valence-corrected chi connectivity index (χ2v) is 5.72. The van der Waals surface area contributed by atoms with Gasteiger partial charge in [0.25, 0.3) is 0 Å². The molecule has 2 aromatic rings. The molecule has 1 aromatic carbocycles. The summed E-state index contributed by atoms with van der Waals surface area (Å²) in [5, 5.41) is 18.4. The number of benzene rings is 1. The van der Waals surface area contributed by atoms with Crippen LogP contribution >= 0.6 is 0 Å². The van der Waals surface area contributed by atoms with E-state index >= 15 is 0 Å². The number of aliphatic hydroxyl groups excluding tert-OH is 1. The highest BCUT2D eigenvalue weighted by molar-refractivity contribution is 5.67. The van der Waals surface area contributed by atoms with E-state index in [-0.39, 0.29) is 12.5 Å². The van der Waals surface area contributed by atoms with Gasteiger partial charge in [-0.3, -0.25) is 4.79 Å². The lowest BCUT2D eigenvalue weighted by atomic mass is 10.1. The van der Waals surface area contributed by atoms with Crippen molar-refractivity contribution in [2.24, 2.45) is 0 Å². The SMILES string of the molecule is O=C(O)CCc1ccc(-c2nccc(N3CC[C@H](O)C3)n2)cc1. The number of hydrogen-bond acceptors (Lipinski definition) is 5. The van der Waals surface area contributed by atoms with E-state index in [1.54, 1.807) is 6.20 Å². The van der Waals surface area contributed by atoms with Gasteiger partial charge in [-0.1, -0.05) is 24.3 Å². The predicted octanol–water partition coefficient (Wildman–Crippen LogP) is 1.73. The van der Waals surface area contributed by atoms with E-state index in [1.165, 1.54) is 0 Å². The van der Waals surface area contributed by atoms with E-state index in [0.29, 0.717) is 18.8 Å². The van der Waals surface area contributed by atoms with E-state index in [1.807, 2.05) is 30.3 Å². The molecule has 0 amide bonds. The number of anilines is 1. The van der Waals surface area contributed by atoms with E-state index < -0.39 is 5.97 Å². The summed E-state index contributed by atoms with van der Waals surface area (Å²) in [4.78, 5) is 21.5. The quantitative estimate of drug-likeness (QED) is 0.874. The topological polar surface area (TPSA) is 86.5 Å². The molecule has 0 bridgehead atoms. The van der Waals surface area contributed by atoms with Crippen molar-refractivity contribution in [1.82, 2.24) is 9.97 Å². The molecule has 1 fully saturated rings. The number of aliphatic hydroxyl groups is 1. The van der Waals surface area contributed by atoms with Gasteiger partial charge in [-0.2, -0.15) is 0 Å². The van der Waals surface area contributed by atoms with Crippen LogP contribution in [0.5, 0.6) is 0 Å². The van der Waals surface area contributed by atoms with Crippen molar-refractivity contribution in [2.45, 2.75) is 25.4 Å². The van der Waals surface area contributed by atoms with Crippen LogP contribution < -0.4 is 4.90 Å². The highest BCUT2D eigenvalue weighted by Crippen LogP contribution is 2.22. The van der Waals surface area contributed by atoms with Crippen LogP contribution in [0.4, 0.5) is 5.82 Å². The Bertz CT molecular complexity index is 688. The fraction of sp³-hybridized carbons (Fsp3) is 0.353. The lowest BCUT2D eigenvalue weighted by Crippen LogP contribution is -2.22. The molecule has 1 aliphatic rings. The second kappa shape index (κ2) is 6.75. The zero-order valence-electron chi connectivity index (χ0n) is 12.7. The Balaban J connectivity index is 1.75. The summed E-state index contributed by atoms with van der Waals surface area (Å²) >= 11 is 0. The molecule has 6 nitrogen and oxygen atoms in total. The first-order chi connectivity index (χ1) is 11.1. The van der Waals surface area contributed by atoms with Crippen molar-refractivity contribution in [3.05, 3.63) is 42.1 Å². The number of aromatic nitrogens is 2. The van der Waals surface area contributed by atoms with Crippen molar-refractivity contribution >= 4 is 11.8 Å². The maximum atomic E-state index is 10.6. The Morgan fingerprint density at radius 2 is 2.04 bits per heavy atom.